The standard InChI is InChI=1S/C18H24N4O4S2/c1-4-26-18(25)21-14(23)11-6-8-27-16(11)20-15(24)17-19-12-9-22(10(2)3)7-5-13(12)28-17/h6,8,10,14,23H,4-5,7,9H2,1-3H3,(H,20,24)(H,21,25). The Kier molecular flexibility index (Phi) is 6.65. The summed E-state index contributed by atoms with van der Waals surface area (Å²) in [5, 5.41) is 17.9. The third kappa shape index (κ3) is 4.69. The van der Waals surface area contributed by atoms with Crippen LogP contribution in [0.2, 0.25) is 0 Å². The van der Waals surface area contributed by atoms with Crippen molar-refractivity contribution in [1.82, 2.24) is 15.2 Å². The molecule has 0 aromatic carbocycles. The van der Waals surface area contributed by atoms with Crippen LogP contribution in [0.3, 0.4) is 0 Å². The molecule has 2 amide bonds. The molecule has 3 rings (SSSR count). The maximum absolute atomic E-state index is 12.7. The smallest absolute Gasteiger partial charge is 0.409 e. The molecule has 1 unspecified atom stereocenters. The van der Waals surface area contributed by atoms with Gasteiger partial charge in [-0.3, -0.25) is 15.0 Å². The number of carbonyl (C=O) groups excluding carboxylic acids is 2. The number of aliphatic hydroxyl groups excluding tert-OH is 1. The monoisotopic (exact) mass is 424 g/mol. The van der Waals surface area contributed by atoms with Gasteiger partial charge in [0.25, 0.3) is 5.91 Å². The molecular formula is C18H24N4O4S2. The number of hydrogen-bond acceptors (Lipinski definition) is 8. The maximum Gasteiger partial charge on any atom is 0.409 e. The van der Waals surface area contributed by atoms with E-state index in [2.05, 4.69) is 34.4 Å². The van der Waals surface area contributed by atoms with Crippen molar-refractivity contribution >= 4 is 39.7 Å². The van der Waals surface area contributed by atoms with Gasteiger partial charge in [-0.05, 0) is 38.6 Å². The normalized spacial score (nSPS) is 15.2. The van der Waals surface area contributed by atoms with Crippen LogP contribution in [-0.2, 0) is 17.7 Å². The number of nitrogens with zero attached hydrogens (tertiary/aromatic N) is 2. The van der Waals surface area contributed by atoms with Gasteiger partial charge < -0.3 is 15.2 Å². The van der Waals surface area contributed by atoms with Crippen molar-refractivity contribution < 1.29 is 19.4 Å². The van der Waals surface area contributed by atoms with Crippen LogP contribution >= 0.6 is 22.7 Å². The summed E-state index contributed by atoms with van der Waals surface area (Å²) in [6, 6.07) is 2.08. The number of alkyl carbamates (subject to hydrolysis) is 1. The molecule has 2 aromatic heterocycles. The number of thiazole rings is 1. The maximum atomic E-state index is 12.7. The summed E-state index contributed by atoms with van der Waals surface area (Å²) in [6.45, 7) is 7.90. The van der Waals surface area contributed by atoms with Gasteiger partial charge in [0.2, 0.25) is 0 Å². The first-order chi connectivity index (χ1) is 13.4. The number of fused-ring (bicyclic) bond motifs is 1. The third-order valence-corrected chi connectivity index (χ3v) is 6.43. The Balaban J connectivity index is 1.68. The zero-order valence-corrected chi connectivity index (χ0v) is 17.7. The zero-order chi connectivity index (χ0) is 20.3. The van der Waals surface area contributed by atoms with Crippen LogP contribution < -0.4 is 10.6 Å². The number of anilines is 1. The molecule has 3 heterocycles. The van der Waals surface area contributed by atoms with Crippen LogP contribution in [0.25, 0.3) is 0 Å². The minimum atomic E-state index is -1.27. The number of aliphatic hydroxyl groups is 1. The number of aromatic nitrogens is 1. The molecule has 0 saturated carbocycles. The van der Waals surface area contributed by atoms with Crippen LogP contribution in [-0.4, -0.2) is 46.2 Å². The lowest BCUT2D eigenvalue weighted by Crippen LogP contribution is -2.35. The summed E-state index contributed by atoms with van der Waals surface area (Å²) >= 11 is 2.68. The highest BCUT2D eigenvalue weighted by Gasteiger charge is 2.25. The molecule has 152 valence electrons. The summed E-state index contributed by atoms with van der Waals surface area (Å²) in [7, 11) is 0. The molecule has 3 N–H and O–H groups in total. The van der Waals surface area contributed by atoms with Crippen LogP contribution in [0, 0.1) is 0 Å². The average Bonchev–Trinajstić information content (AvgIpc) is 3.27. The topological polar surface area (TPSA) is 104 Å². The van der Waals surface area contributed by atoms with Crippen molar-refractivity contribution in [2.75, 3.05) is 18.5 Å². The first-order valence-electron chi connectivity index (χ1n) is 9.11. The van der Waals surface area contributed by atoms with Gasteiger partial charge in [-0.15, -0.1) is 22.7 Å². The molecular weight excluding hydrogens is 400 g/mol. The number of thiophene rings is 1. The minimum absolute atomic E-state index is 0.203. The largest absolute Gasteiger partial charge is 0.450 e. The number of nitrogens with one attached hydrogen (secondary N) is 2. The Labute approximate surface area is 171 Å². The Hall–Kier alpha value is -2.01. The summed E-state index contributed by atoms with van der Waals surface area (Å²) in [5.74, 6) is -0.317. The second-order valence-electron chi connectivity index (χ2n) is 6.63. The van der Waals surface area contributed by atoms with Crippen molar-refractivity contribution in [3.63, 3.8) is 0 Å². The molecule has 2 aromatic rings. The summed E-state index contributed by atoms with van der Waals surface area (Å²) in [4.78, 5) is 32.2. The summed E-state index contributed by atoms with van der Waals surface area (Å²) in [5.41, 5.74) is 1.37. The first kappa shape index (κ1) is 20.7. The van der Waals surface area contributed by atoms with Crippen molar-refractivity contribution in [2.45, 2.75) is 46.0 Å². The lowest BCUT2D eigenvalue weighted by Gasteiger charge is -2.29. The molecule has 0 spiro atoms. The quantitative estimate of drug-likeness (QED) is 0.616. The summed E-state index contributed by atoms with van der Waals surface area (Å²) < 4.78 is 4.77. The SMILES string of the molecule is CCOC(=O)NC(O)c1ccsc1NC(=O)c1nc2c(s1)CCN(C(C)C)C2. The predicted molar refractivity (Wildman–Crippen MR) is 109 cm³/mol. The minimum Gasteiger partial charge on any atom is -0.450 e. The van der Waals surface area contributed by atoms with E-state index < -0.39 is 12.3 Å². The second kappa shape index (κ2) is 8.99. The molecule has 0 bridgehead atoms. The van der Waals surface area contributed by atoms with E-state index in [9.17, 15) is 14.7 Å². The molecule has 1 aliphatic heterocycles. The fourth-order valence-electron chi connectivity index (χ4n) is 2.91. The fraction of sp³-hybridized carbons (Fsp3) is 0.500. The number of rotatable bonds is 6. The molecule has 8 nitrogen and oxygen atoms in total. The van der Waals surface area contributed by atoms with E-state index in [-0.39, 0.29) is 12.5 Å². The molecule has 28 heavy (non-hydrogen) atoms. The predicted octanol–water partition coefficient (Wildman–Crippen LogP) is 2.96. The Morgan fingerprint density at radius 1 is 1.43 bits per heavy atom. The molecule has 0 saturated heterocycles. The van der Waals surface area contributed by atoms with E-state index in [0.717, 1.165) is 30.1 Å². The number of amides is 2. The Morgan fingerprint density at radius 2 is 2.21 bits per heavy atom. The van der Waals surface area contributed by atoms with E-state index in [4.69, 9.17) is 4.74 Å². The van der Waals surface area contributed by atoms with E-state index in [1.165, 1.54) is 22.7 Å². The van der Waals surface area contributed by atoms with Gasteiger partial charge in [0, 0.05) is 29.6 Å². The zero-order valence-electron chi connectivity index (χ0n) is 16.0. The fourth-order valence-corrected chi connectivity index (χ4v) is 4.68. The number of ether oxygens (including phenoxy) is 1. The highest BCUT2D eigenvalue weighted by molar-refractivity contribution is 7.15. The van der Waals surface area contributed by atoms with Gasteiger partial charge in [0.1, 0.15) is 5.00 Å². The van der Waals surface area contributed by atoms with E-state index in [1.807, 2.05) is 0 Å². The molecule has 1 aliphatic rings. The van der Waals surface area contributed by atoms with Gasteiger partial charge in [-0.25, -0.2) is 9.78 Å². The van der Waals surface area contributed by atoms with Gasteiger partial charge in [0.05, 0.1) is 12.3 Å². The average molecular weight is 425 g/mol. The number of hydrogen-bond donors (Lipinski definition) is 3. The van der Waals surface area contributed by atoms with Gasteiger partial charge in [0.15, 0.2) is 11.2 Å². The highest BCUT2D eigenvalue weighted by atomic mass is 32.1. The Morgan fingerprint density at radius 3 is 2.93 bits per heavy atom. The van der Waals surface area contributed by atoms with Crippen molar-refractivity contribution in [3.05, 3.63) is 32.6 Å². The molecule has 0 fully saturated rings. The first-order valence-corrected chi connectivity index (χ1v) is 10.8. The molecule has 1 atom stereocenters. The summed E-state index contributed by atoms with van der Waals surface area (Å²) in [6.07, 6.45) is -1.10. The van der Waals surface area contributed by atoms with Gasteiger partial charge in [-0.1, -0.05) is 0 Å². The van der Waals surface area contributed by atoms with E-state index in [1.54, 1.807) is 18.4 Å². The lowest BCUT2D eigenvalue weighted by atomic mass is 10.1. The lowest BCUT2D eigenvalue weighted by molar-refractivity contribution is 0.102. The van der Waals surface area contributed by atoms with Crippen LogP contribution in [0.15, 0.2) is 11.4 Å². The van der Waals surface area contributed by atoms with Crippen molar-refractivity contribution in [2.24, 2.45) is 0 Å². The molecule has 0 aliphatic carbocycles. The molecule has 10 heteroatoms. The number of carbonyl (C=O) groups is 2. The van der Waals surface area contributed by atoms with Crippen LogP contribution in [0.5, 0.6) is 0 Å². The molecule has 0 radical (unpaired) electrons. The third-order valence-electron chi connectivity index (χ3n) is 4.43. The highest BCUT2D eigenvalue weighted by Crippen LogP contribution is 2.30. The van der Waals surface area contributed by atoms with E-state index in [0.29, 0.717) is 21.6 Å². The van der Waals surface area contributed by atoms with Crippen molar-refractivity contribution in [3.8, 4) is 0 Å². The van der Waals surface area contributed by atoms with E-state index >= 15 is 0 Å². The second-order valence-corrected chi connectivity index (χ2v) is 8.63. The van der Waals surface area contributed by atoms with Crippen LogP contribution in [0.4, 0.5) is 9.80 Å². The Bertz CT molecular complexity index is 849. The van der Waals surface area contributed by atoms with Gasteiger partial charge >= 0.3 is 6.09 Å². The van der Waals surface area contributed by atoms with Crippen molar-refractivity contribution in [1.29, 1.82) is 0 Å². The van der Waals surface area contributed by atoms with Gasteiger partial charge in [-0.2, -0.15) is 0 Å². The van der Waals surface area contributed by atoms with Crippen LogP contribution in [0.1, 0.15) is 52.9 Å².